The number of aryl methyl sites for hydroxylation is 3. The van der Waals surface area contributed by atoms with E-state index in [4.69, 9.17) is 0 Å². The molecule has 0 aliphatic heterocycles. The zero-order valence-electron chi connectivity index (χ0n) is 13.7. The summed E-state index contributed by atoms with van der Waals surface area (Å²) in [7, 11) is 2.05. The first kappa shape index (κ1) is 15.8. The van der Waals surface area contributed by atoms with Crippen LogP contribution in [-0.4, -0.2) is 22.9 Å². The number of nitrogens with zero attached hydrogens (tertiary/aromatic N) is 2. The van der Waals surface area contributed by atoms with E-state index in [9.17, 15) is 0 Å². The number of hydrogen-bond donors (Lipinski definition) is 1. The molecule has 3 nitrogen and oxygen atoms in total. The first-order chi connectivity index (χ1) is 10.2. The van der Waals surface area contributed by atoms with Gasteiger partial charge in [0.25, 0.3) is 0 Å². The molecule has 21 heavy (non-hydrogen) atoms. The minimum atomic E-state index is 0.442. The van der Waals surface area contributed by atoms with Crippen LogP contribution in [0.1, 0.15) is 36.4 Å². The lowest BCUT2D eigenvalue weighted by Crippen LogP contribution is -2.31. The molecule has 1 N–H and O–H groups in total. The van der Waals surface area contributed by atoms with Crippen LogP contribution in [0.15, 0.2) is 30.3 Å². The van der Waals surface area contributed by atoms with Crippen LogP contribution in [0.25, 0.3) is 0 Å². The summed E-state index contributed by atoms with van der Waals surface area (Å²) in [5, 5.41) is 8.11. The average molecular weight is 285 g/mol. The van der Waals surface area contributed by atoms with Gasteiger partial charge in [-0.2, -0.15) is 5.10 Å². The van der Waals surface area contributed by atoms with Gasteiger partial charge in [0.15, 0.2) is 0 Å². The van der Waals surface area contributed by atoms with Crippen molar-refractivity contribution in [3.05, 3.63) is 52.8 Å². The quantitative estimate of drug-likeness (QED) is 0.847. The Balaban J connectivity index is 2.12. The van der Waals surface area contributed by atoms with Crippen molar-refractivity contribution in [2.24, 2.45) is 0 Å². The van der Waals surface area contributed by atoms with E-state index in [2.05, 4.69) is 73.2 Å². The second-order valence-electron chi connectivity index (χ2n) is 5.62. The number of benzene rings is 1. The van der Waals surface area contributed by atoms with E-state index in [0.29, 0.717) is 6.04 Å². The summed E-state index contributed by atoms with van der Waals surface area (Å²) < 4.78 is 2.14. The van der Waals surface area contributed by atoms with Crippen molar-refractivity contribution < 1.29 is 0 Å². The standard InChI is InChI=1S/C18H27N3/c1-5-16-12-18(21(6-2)20-16)13-17(19-4)11-15-10-8-7-9-14(15)3/h7-10,12,17,19H,5-6,11,13H2,1-4H3. The molecule has 1 atom stereocenters. The largest absolute Gasteiger partial charge is 0.316 e. The highest BCUT2D eigenvalue weighted by atomic mass is 15.3. The molecule has 0 amide bonds. The molecule has 1 aromatic carbocycles. The molecule has 0 spiro atoms. The average Bonchev–Trinajstić information content (AvgIpc) is 2.90. The van der Waals surface area contributed by atoms with Gasteiger partial charge in [-0.05, 0) is 50.9 Å². The highest BCUT2D eigenvalue weighted by molar-refractivity contribution is 5.26. The maximum atomic E-state index is 4.65. The number of rotatable bonds is 7. The van der Waals surface area contributed by atoms with Gasteiger partial charge in [0.05, 0.1) is 5.69 Å². The van der Waals surface area contributed by atoms with E-state index in [1.54, 1.807) is 0 Å². The summed E-state index contributed by atoms with van der Waals surface area (Å²) in [4.78, 5) is 0. The van der Waals surface area contributed by atoms with Crippen LogP contribution in [-0.2, 0) is 25.8 Å². The lowest BCUT2D eigenvalue weighted by Gasteiger charge is -2.18. The predicted molar refractivity (Wildman–Crippen MR) is 88.7 cm³/mol. The normalized spacial score (nSPS) is 12.6. The Bertz CT molecular complexity index is 572. The molecule has 114 valence electrons. The van der Waals surface area contributed by atoms with Crippen molar-refractivity contribution >= 4 is 0 Å². The summed E-state index contributed by atoms with van der Waals surface area (Å²) in [5.41, 5.74) is 5.33. The van der Waals surface area contributed by atoms with Crippen LogP contribution >= 0.6 is 0 Å². The Morgan fingerprint density at radius 3 is 2.57 bits per heavy atom. The predicted octanol–water partition coefficient (Wildman–Crippen LogP) is 3.15. The van der Waals surface area contributed by atoms with Gasteiger partial charge in [-0.25, -0.2) is 0 Å². The topological polar surface area (TPSA) is 29.9 Å². The lowest BCUT2D eigenvalue weighted by atomic mass is 9.98. The molecule has 1 aromatic heterocycles. The molecular weight excluding hydrogens is 258 g/mol. The van der Waals surface area contributed by atoms with Gasteiger partial charge in [-0.3, -0.25) is 4.68 Å². The van der Waals surface area contributed by atoms with Gasteiger partial charge in [-0.1, -0.05) is 31.2 Å². The van der Waals surface area contributed by atoms with E-state index >= 15 is 0 Å². The summed E-state index contributed by atoms with van der Waals surface area (Å²) in [5.74, 6) is 0. The summed E-state index contributed by atoms with van der Waals surface area (Å²) in [6.07, 6.45) is 3.08. The van der Waals surface area contributed by atoms with Gasteiger partial charge >= 0.3 is 0 Å². The molecule has 1 heterocycles. The van der Waals surface area contributed by atoms with E-state index in [0.717, 1.165) is 25.8 Å². The van der Waals surface area contributed by atoms with Crippen molar-refractivity contribution in [3.8, 4) is 0 Å². The lowest BCUT2D eigenvalue weighted by molar-refractivity contribution is 0.519. The zero-order valence-corrected chi connectivity index (χ0v) is 13.7. The Labute approximate surface area is 128 Å². The van der Waals surface area contributed by atoms with Crippen LogP contribution in [0.4, 0.5) is 0 Å². The van der Waals surface area contributed by atoms with Crippen molar-refractivity contribution in [3.63, 3.8) is 0 Å². The molecule has 0 aliphatic carbocycles. The summed E-state index contributed by atoms with van der Waals surface area (Å²) >= 11 is 0. The summed E-state index contributed by atoms with van der Waals surface area (Å²) in [6, 6.07) is 11.3. The van der Waals surface area contributed by atoms with Crippen molar-refractivity contribution in [1.29, 1.82) is 0 Å². The maximum absolute atomic E-state index is 4.65. The molecular formula is C18H27N3. The van der Waals surface area contributed by atoms with E-state index < -0.39 is 0 Å². The molecule has 0 radical (unpaired) electrons. The van der Waals surface area contributed by atoms with Crippen LogP contribution in [0.2, 0.25) is 0 Å². The zero-order chi connectivity index (χ0) is 15.2. The smallest absolute Gasteiger partial charge is 0.0624 e. The summed E-state index contributed by atoms with van der Waals surface area (Å²) in [6.45, 7) is 7.45. The Morgan fingerprint density at radius 2 is 1.95 bits per heavy atom. The highest BCUT2D eigenvalue weighted by Crippen LogP contribution is 2.14. The van der Waals surface area contributed by atoms with E-state index in [1.807, 2.05) is 0 Å². The molecule has 0 bridgehead atoms. The fraction of sp³-hybridized carbons (Fsp3) is 0.500. The van der Waals surface area contributed by atoms with Crippen LogP contribution < -0.4 is 5.32 Å². The molecule has 0 saturated heterocycles. The van der Waals surface area contributed by atoms with Gasteiger partial charge in [0, 0.05) is 24.7 Å². The van der Waals surface area contributed by atoms with Crippen molar-refractivity contribution in [2.45, 2.75) is 52.6 Å². The fourth-order valence-corrected chi connectivity index (χ4v) is 2.76. The molecule has 2 aromatic rings. The van der Waals surface area contributed by atoms with Crippen LogP contribution in [0.5, 0.6) is 0 Å². The Hall–Kier alpha value is -1.61. The molecule has 3 heteroatoms. The SMILES string of the molecule is CCc1cc(CC(Cc2ccccc2C)NC)n(CC)n1. The third kappa shape index (κ3) is 3.94. The second kappa shape index (κ2) is 7.41. The molecule has 2 rings (SSSR count). The van der Waals surface area contributed by atoms with Crippen molar-refractivity contribution in [2.75, 3.05) is 7.05 Å². The number of nitrogens with one attached hydrogen (secondary N) is 1. The Kier molecular flexibility index (Phi) is 5.57. The third-order valence-corrected chi connectivity index (χ3v) is 4.17. The monoisotopic (exact) mass is 285 g/mol. The second-order valence-corrected chi connectivity index (χ2v) is 5.62. The first-order valence-electron chi connectivity index (χ1n) is 7.95. The highest BCUT2D eigenvalue weighted by Gasteiger charge is 2.14. The minimum Gasteiger partial charge on any atom is -0.316 e. The fourth-order valence-electron chi connectivity index (χ4n) is 2.76. The molecule has 1 unspecified atom stereocenters. The number of aromatic nitrogens is 2. The third-order valence-electron chi connectivity index (χ3n) is 4.17. The number of hydrogen-bond acceptors (Lipinski definition) is 2. The first-order valence-corrected chi connectivity index (χ1v) is 7.95. The van der Waals surface area contributed by atoms with Crippen LogP contribution in [0, 0.1) is 6.92 Å². The maximum Gasteiger partial charge on any atom is 0.0624 e. The molecule has 0 aliphatic rings. The van der Waals surface area contributed by atoms with Gasteiger partial charge < -0.3 is 5.32 Å². The van der Waals surface area contributed by atoms with Crippen molar-refractivity contribution in [1.82, 2.24) is 15.1 Å². The number of likely N-dealkylation sites (N-methyl/N-ethyl adjacent to an activating group) is 1. The van der Waals surface area contributed by atoms with E-state index in [1.165, 1.54) is 22.5 Å². The van der Waals surface area contributed by atoms with Gasteiger partial charge in [0.2, 0.25) is 0 Å². The molecule has 0 saturated carbocycles. The van der Waals surface area contributed by atoms with Gasteiger partial charge in [0.1, 0.15) is 0 Å². The van der Waals surface area contributed by atoms with Gasteiger partial charge in [-0.15, -0.1) is 0 Å². The minimum absolute atomic E-state index is 0.442. The Morgan fingerprint density at radius 1 is 1.19 bits per heavy atom. The molecule has 0 fully saturated rings. The van der Waals surface area contributed by atoms with E-state index in [-0.39, 0.29) is 0 Å². The van der Waals surface area contributed by atoms with Crippen LogP contribution in [0.3, 0.4) is 0 Å².